The van der Waals surface area contributed by atoms with Crippen LogP contribution < -0.4 is 5.32 Å². The van der Waals surface area contributed by atoms with E-state index in [9.17, 15) is 0 Å². The van der Waals surface area contributed by atoms with Crippen molar-refractivity contribution in [1.29, 1.82) is 0 Å². The Morgan fingerprint density at radius 2 is 2.17 bits per heavy atom. The highest BCUT2D eigenvalue weighted by Gasteiger charge is 2.00. The largest absolute Gasteiger partial charge is 0.394 e. The van der Waals surface area contributed by atoms with E-state index < -0.39 is 0 Å². The van der Waals surface area contributed by atoms with Crippen LogP contribution in [-0.4, -0.2) is 36.5 Å². The highest BCUT2D eigenvalue weighted by atomic mass is 16.5. The van der Waals surface area contributed by atoms with Crippen LogP contribution in [0.5, 0.6) is 0 Å². The van der Waals surface area contributed by atoms with Crippen molar-refractivity contribution in [2.24, 2.45) is 0 Å². The number of aliphatic hydroxyl groups excluding tert-OH is 1. The fourth-order valence-corrected chi connectivity index (χ4v) is 1.99. The molecule has 0 saturated carbocycles. The number of fused-ring (bicyclic) bond motifs is 1. The van der Waals surface area contributed by atoms with Crippen LogP contribution in [0.4, 0.5) is 0 Å². The summed E-state index contributed by atoms with van der Waals surface area (Å²) in [6.07, 6.45) is 2.93. The van der Waals surface area contributed by atoms with Gasteiger partial charge >= 0.3 is 0 Å². The Labute approximate surface area is 107 Å². The van der Waals surface area contributed by atoms with Gasteiger partial charge in [0, 0.05) is 30.3 Å². The zero-order valence-electron chi connectivity index (χ0n) is 10.5. The minimum absolute atomic E-state index is 0.100. The molecule has 2 aromatic rings. The van der Waals surface area contributed by atoms with Crippen LogP contribution in [0.1, 0.15) is 12.0 Å². The lowest BCUT2D eigenvalue weighted by Gasteiger charge is -2.06. The van der Waals surface area contributed by atoms with Gasteiger partial charge in [0.25, 0.3) is 0 Å². The third-order valence-electron chi connectivity index (χ3n) is 2.88. The van der Waals surface area contributed by atoms with Gasteiger partial charge in [0.05, 0.1) is 13.2 Å². The normalized spacial score (nSPS) is 11.2. The van der Waals surface area contributed by atoms with Gasteiger partial charge in [-0.15, -0.1) is 0 Å². The predicted molar refractivity (Wildman–Crippen MR) is 72.5 cm³/mol. The van der Waals surface area contributed by atoms with Crippen LogP contribution in [0.3, 0.4) is 0 Å². The average Bonchev–Trinajstić information content (AvgIpc) is 2.86. The first-order valence-corrected chi connectivity index (χ1v) is 6.36. The minimum atomic E-state index is 0.100. The topological polar surface area (TPSA) is 57.3 Å². The molecule has 0 atom stereocenters. The van der Waals surface area contributed by atoms with E-state index in [-0.39, 0.29) is 6.61 Å². The van der Waals surface area contributed by atoms with Gasteiger partial charge in [-0.3, -0.25) is 0 Å². The molecule has 4 nitrogen and oxygen atoms in total. The van der Waals surface area contributed by atoms with Gasteiger partial charge in [0.15, 0.2) is 0 Å². The molecule has 0 unspecified atom stereocenters. The first-order valence-electron chi connectivity index (χ1n) is 6.36. The van der Waals surface area contributed by atoms with Gasteiger partial charge in [-0.1, -0.05) is 12.1 Å². The molecule has 0 spiro atoms. The number of benzene rings is 1. The van der Waals surface area contributed by atoms with Crippen molar-refractivity contribution in [2.75, 3.05) is 26.4 Å². The molecule has 0 radical (unpaired) electrons. The van der Waals surface area contributed by atoms with Crippen LogP contribution in [0.2, 0.25) is 0 Å². The van der Waals surface area contributed by atoms with E-state index in [1.165, 1.54) is 16.5 Å². The Morgan fingerprint density at radius 1 is 1.22 bits per heavy atom. The third kappa shape index (κ3) is 3.57. The molecule has 98 valence electrons. The number of hydrogen-bond donors (Lipinski definition) is 3. The molecule has 3 N–H and O–H groups in total. The van der Waals surface area contributed by atoms with Gasteiger partial charge in [0.2, 0.25) is 0 Å². The standard InChI is InChI=1S/C14H20N2O2/c17-8-10-18-9-2-6-15-11-12-3-1-4-14-13(12)5-7-16-14/h1,3-5,7,15-17H,2,6,8-11H2. The van der Waals surface area contributed by atoms with Crippen LogP contribution in [0, 0.1) is 0 Å². The van der Waals surface area contributed by atoms with Crippen LogP contribution in [-0.2, 0) is 11.3 Å². The van der Waals surface area contributed by atoms with Crippen LogP contribution in [0.15, 0.2) is 30.5 Å². The highest BCUT2D eigenvalue weighted by Crippen LogP contribution is 2.16. The van der Waals surface area contributed by atoms with Crippen molar-refractivity contribution in [2.45, 2.75) is 13.0 Å². The van der Waals surface area contributed by atoms with Gasteiger partial charge in [-0.25, -0.2) is 0 Å². The Hall–Kier alpha value is -1.36. The van der Waals surface area contributed by atoms with E-state index in [1.54, 1.807) is 0 Å². The summed E-state index contributed by atoms with van der Waals surface area (Å²) in [6, 6.07) is 8.41. The van der Waals surface area contributed by atoms with Crippen molar-refractivity contribution in [3.05, 3.63) is 36.0 Å². The summed E-state index contributed by atoms with van der Waals surface area (Å²) in [7, 11) is 0. The first kappa shape index (κ1) is 13.1. The predicted octanol–water partition coefficient (Wildman–Crippen LogP) is 1.66. The molecule has 0 saturated heterocycles. The maximum Gasteiger partial charge on any atom is 0.0697 e. The Morgan fingerprint density at radius 3 is 3.06 bits per heavy atom. The summed E-state index contributed by atoms with van der Waals surface area (Å²) < 4.78 is 5.20. The lowest BCUT2D eigenvalue weighted by Crippen LogP contribution is -2.16. The average molecular weight is 248 g/mol. The lowest BCUT2D eigenvalue weighted by atomic mass is 10.1. The van der Waals surface area contributed by atoms with E-state index >= 15 is 0 Å². The summed E-state index contributed by atoms with van der Waals surface area (Å²) in [5.74, 6) is 0. The van der Waals surface area contributed by atoms with Crippen LogP contribution in [0.25, 0.3) is 10.9 Å². The number of aromatic nitrogens is 1. The Balaban J connectivity index is 1.72. The summed E-state index contributed by atoms with van der Waals surface area (Å²) >= 11 is 0. The molecule has 1 heterocycles. The highest BCUT2D eigenvalue weighted by molar-refractivity contribution is 5.82. The molecule has 18 heavy (non-hydrogen) atoms. The number of aliphatic hydroxyl groups is 1. The first-order chi connectivity index (χ1) is 8.92. The van der Waals surface area contributed by atoms with Crippen molar-refractivity contribution in [3.8, 4) is 0 Å². The number of aromatic amines is 1. The third-order valence-corrected chi connectivity index (χ3v) is 2.88. The monoisotopic (exact) mass is 248 g/mol. The van der Waals surface area contributed by atoms with Crippen molar-refractivity contribution < 1.29 is 9.84 Å². The number of rotatable bonds is 8. The van der Waals surface area contributed by atoms with E-state index in [1.807, 2.05) is 6.20 Å². The van der Waals surface area contributed by atoms with E-state index in [4.69, 9.17) is 9.84 Å². The molecule has 0 amide bonds. The molecule has 2 rings (SSSR count). The minimum Gasteiger partial charge on any atom is -0.394 e. The Kier molecular flexibility index (Phi) is 5.20. The maximum absolute atomic E-state index is 8.55. The number of nitrogens with one attached hydrogen (secondary N) is 2. The molecule has 1 aromatic heterocycles. The lowest BCUT2D eigenvalue weighted by molar-refractivity contribution is 0.0907. The molecule has 0 aliphatic rings. The van der Waals surface area contributed by atoms with Gasteiger partial charge in [0.1, 0.15) is 0 Å². The van der Waals surface area contributed by atoms with E-state index in [2.05, 4.69) is 34.6 Å². The molecule has 0 fully saturated rings. The second kappa shape index (κ2) is 7.16. The second-order valence-corrected chi connectivity index (χ2v) is 4.22. The SMILES string of the molecule is OCCOCCCNCc1cccc2[nH]ccc12. The van der Waals surface area contributed by atoms with Gasteiger partial charge < -0.3 is 20.1 Å². The molecule has 0 aliphatic carbocycles. The number of hydrogen-bond acceptors (Lipinski definition) is 3. The zero-order chi connectivity index (χ0) is 12.6. The maximum atomic E-state index is 8.55. The molecular weight excluding hydrogens is 228 g/mol. The van der Waals surface area contributed by atoms with E-state index in [0.717, 1.165) is 19.5 Å². The van der Waals surface area contributed by atoms with Crippen LogP contribution >= 0.6 is 0 Å². The smallest absolute Gasteiger partial charge is 0.0697 e. The quantitative estimate of drug-likeness (QED) is 0.623. The summed E-state index contributed by atoms with van der Waals surface area (Å²) in [6.45, 7) is 3.02. The van der Waals surface area contributed by atoms with Crippen molar-refractivity contribution in [1.82, 2.24) is 10.3 Å². The Bertz CT molecular complexity index is 468. The number of H-pyrrole nitrogens is 1. The molecule has 1 aromatic carbocycles. The van der Waals surface area contributed by atoms with Crippen molar-refractivity contribution in [3.63, 3.8) is 0 Å². The summed E-state index contributed by atoms with van der Waals surface area (Å²) in [4.78, 5) is 3.21. The second-order valence-electron chi connectivity index (χ2n) is 4.22. The molecule has 4 heteroatoms. The number of ether oxygens (including phenoxy) is 1. The summed E-state index contributed by atoms with van der Waals surface area (Å²) in [5.41, 5.74) is 2.49. The zero-order valence-corrected chi connectivity index (χ0v) is 10.5. The van der Waals surface area contributed by atoms with Gasteiger partial charge in [-0.05, 0) is 30.7 Å². The fourth-order valence-electron chi connectivity index (χ4n) is 1.99. The fraction of sp³-hybridized carbons (Fsp3) is 0.429. The van der Waals surface area contributed by atoms with E-state index in [0.29, 0.717) is 13.2 Å². The molecular formula is C14H20N2O2. The van der Waals surface area contributed by atoms with Crippen molar-refractivity contribution >= 4 is 10.9 Å². The summed E-state index contributed by atoms with van der Waals surface area (Å²) in [5, 5.41) is 13.2. The molecule has 0 bridgehead atoms. The van der Waals surface area contributed by atoms with Gasteiger partial charge in [-0.2, -0.15) is 0 Å². The molecule has 0 aliphatic heterocycles.